The summed E-state index contributed by atoms with van der Waals surface area (Å²) >= 11 is 2.68. The quantitative estimate of drug-likeness (QED) is 0.795. The van der Waals surface area contributed by atoms with Crippen molar-refractivity contribution in [3.8, 4) is 5.75 Å². The molecule has 1 aliphatic rings. The second-order valence-electron chi connectivity index (χ2n) is 3.50. The fourth-order valence-electron chi connectivity index (χ4n) is 1.46. The molecule has 1 heterocycles. The Balaban J connectivity index is 2.17. The summed E-state index contributed by atoms with van der Waals surface area (Å²) in [5.41, 5.74) is 1.46. The summed E-state index contributed by atoms with van der Waals surface area (Å²) in [6.45, 7) is 2.60. The van der Waals surface area contributed by atoms with Gasteiger partial charge in [-0.25, -0.2) is 4.99 Å². The number of ether oxygens (including phenoxy) is 1. The summed E-state index contributed by atoms with van der Waals surface area (Å²) in [7, 11) is 0. The molecule has 1 aliphatic heterocycles. The van der Waals surface area contributed by atoms with Crippen LogP contribution in [0.2, 0.25) is 0 Å². The van der Waals surface area contributed by atoms with Gasteiger partial charge < -0.3 is 4.74 Å². The van der Waals surface area contributed by atoms with E-state index in [1.54, 1.807) is 6.08 Å². The smallest absolute Gasteiger partial charge is 0.244 e. The first kappa shape index (κ1) is 13.2. The first-order valence-electron chi connectivity index (χ1n) is 5.52. The van der Waals surface area contributed by atoms with Crippen molar-refractivity contribution in [1.82, 2.24) is 0 Å². The first-order chi connectivity index (χ1) is 8.72. The lowest BCUT2D eigenvalue weighted by Gasteiger charge is -2.02. The number of carbonyl (C=O) groups excluding carboxylic acids is 1. The minimum Gasteiger partial charge on any atom is -0.494 e. The van der Waals surface area contributed by atoms with Crippen molar-refractivity contribution < 1.29 is 9.53 Å². The van der Waals surface area contributed by atoms with Gasteiger partial charge in [0.05, 0.1) is 6.61 Å². The maximum Gasteiger partial charge on any atom is 0.244 e. The van der Waals surface area contributed by atoms with Gasteiger partial charge in [0.15, 0.2) is 0 Å². The van der Waals surface area contributed by atoms with Crippen LogP contribution in [0.15, 0.2) is 35.0 Å². The molecule has 0 aromatic heterocycles. The van der Waals surface area contributed by atoms with Crippen LogP contribution in [0.1, 0.15) is 12.5 Å². The van der Waals surface area contributed by atoms with Crippen LogP contribution in [0.4, 0.5) is 0 Å². The summed E-state index contributed by atoms with van der Waals surface area (Å²) in [5.74, 6) is 0.833. The summed E-state index contributed by atoms with van der Waals surface area (Å²) in [5, 5.41) is 0.00762. The Kier molecular flexibility index (Phi) is 4.49. The molecule has 0 unspecified atom stereocenters. The summed E-state index contributed by atoms with van der Waals surface area (Å²) < 4.78 is 6.17. The van der Waals surface area contributed by atoms with Crippen LogP contribution in [-0.4, -0.2) is 22.4 Å². The average Bonchev–Trinajstić information content (AvgIpc) is 2.73. The van der Waals surface area contributed by atoms with Gasteiger partial charge in [-0.05, 0) is 48.7 Å². The van der Waals surface area contributed by atoms with Gasteiger partial charge in [-0.2, -0.15) is 0 Å². The molecule has 0 atom stereocenters. The largest absolute Gasteiger partial charge is 0.494 e. The molecule has 5 heteroatoms. The minimum atomic E-state index is 0.00762. The molecule has 0 aliphatic carbocycles. The van der Waals surface area contributed by atoms with Crippen molar-refractivity contribution in [3.05, 3.63) is 35.5 Å². The fraction of sp³-hybridized carbons (Fsp3) is 0.231. The van der Waals surface area contributed by atoms with E-state index >= 15 is 0 Å². The Hall–Kier alpha value is -1.20. The second kappa shape index (κ2) is 6.11. The summed E-state index contributed by atoms with van der Waals surface area (Å²) in [4.78, 5) is 15.9. The van der Waals surface area contributed by atoms with E-state index in [4.69, 9.17) is 4.74 Å². The zero-order valence-electron chi connectivity index (χ0n) is 10.2. The molecule has 94 valence electrons. The van der Waals surface area contributed by atoms with Crippen molar-refractivity contribution in [2.75, 3.05) is 12.9 Å². The van der Waals surface area contributed by atoms with Crippen molar-refractivity contribution in [2.24, 2.45) is 4.99 Å². The molecule has 0 radical (unpaired) electrons. The lowest BCUT2D eigenvalue weighted by molar-refractivity contribution is -0.107. The van der Waals surface area contributed by atoms with Gasteiger partial charge >= 0.3 is 0 Å². The molecular formula is C13H13NO2S2. The zero-order valence-corrected chi connectivity index (χ0v) is 11.8. The van der Waals surface area contributed by atoms with Crippen molar-refractivity contribution in [2.45, 2.75) is 6.92 Å². The third-order valence-electron chi connectivity index (χ3n) is 2.27. The Bertz CT molecular complexity index is 506. The number of aliphatic imine (C=N–C) groups is 1. The van der Waals surface area contributed by atoms with E-state index < -0.39 is 0 Å². The molecule has 3 nitrogen and oxygen atoms in total. The van der Waals surface area contributed by atoms with Gasteiger partial charge in [0.2, 0.25) is 5.12 Å². The lowest BCUT2D eigenvalue weighted by Crippen LogP contribution is -1.91. The van der Waals surface area contributed by atoms with Crippen LogP contribution in [0.5, 0.6) is 5.75 Å². The standard InChI is InChI=1S/C13H13NO2S2/c1-3-16-10-6-4-9(5-7-10)8-11-12(15)18-13(14-11)17-2/h4-8H,3H2,1-2H3/b11-8+. The number of hydrogen-bond donors (Lipinski definition) is 0. The maximum absolute atomic E-state index is 11.7. The summed E-state index contributed by atoms with van der Waals surface area (Å²) in [6.07, 6.45) is 3.72. The number of thioether (sulfide) groups is 2. The average molecular weight is 279 g/mol. The van der Waals surface area contributed by atoms with E-state index in [1.165, 1.54) is 23.5 Å². The Labute approximate surface area is 115 Å². The van der Waals surface area contributed by atoms with Crippen molar-refractivity contribution >= 4 is 39.1 Å². The van der Waals surface area contributed by atoms with Crippen LogP contribution in [0.25, 0.3) is 6.08 Å². The molecule has 0 saturated carbocycles. The third kappa shape index (κ3) is 3.17. The maximum atomic E-state index is 11.7. The lowest BCUT2D eigenvalue weighted by atomic mass is 10.2. The highest BCUT2D eigenvalue weighted by molar-refractivity contribution is 8.45. The van der Waals surface area contributed by atoms with E-state index in [0.717, 1.165) is 15.7 Å². The predicted octanol–water partition coefficient (Wildman–Crippen LogP) is 3.42. The van der Waals surface area contributed by atoms with E-state index in [-0.39, 0.29) is 5.12 Å². The van der Waals surface area contributed by atoms with Crippen LogP contribution in [-0.2, 0) is 4.79 Å². The Morgan fingerprint density at radius 1 is 1.39 bits per heavy atom. The SMILES string of the molecule is CCOc1ccc(/C=C2/N=C(SC)SC2=O)cc1. The van der Waals surface area contributed by atoms with Crippen LogP contribution in [0.3, 0.4) is 0 Å². The van der Waals surface area contributed by atoms with E-state index in [2.05, 4.69) is 4.99 Å². The molecule has 0 amide bonds. The molecule has 1 aromatic rings. The van der Waals surface area contributed by atoms with Gasteiger partial charge in [0, 0.05) is 0 Å². The van der Waals surface area contributed by atoms with Gasteiger partial charge in [0.1, 0.15) is 15.8 Å². The van der Waals surface area contributed by atoms with Crippen molar-refractivity contribution in [3.63, 3.8) is 0 Å². The molecule has 0 saturated heterocycles. The fourth-order valence-corrected chi connectivity index (χ4v) is 2.72. The minimum absolute atomic E-state index is 0.00762. The number of hydrogen-bond acceptors (Lipinski definition) is 5. The van der Waals surface area contributed by atoms with Crippen LogP contribution < -0.4 is 4.74 Å². The molecule has 0 fully saturated rings. The van der Waals surface area contributed by atoms with E-state index in [9.17, 15) is 4.79 Å². The van der Waals surface area contributed by atoms with Gasteiger partial charge in [-0.15, -0.1) is 11.8 Å². The number of carbonyl (C=O) groups is 1. The number of rotatable bonds is 3. The second-order valence-corrected chi connectivity index (χ2v) is 5.52. The zero-order chi connectivity index (χ0) is 13.0. The highest BCUT2D eigenvalue weighted by atomic mass is 32.2. The molecule has 0 N–H and O–H groups in total. The molecular weight excluding hydrogens is 266 g/mol. The third-order valence-corrected chi connectivity index (χ3v) is 4.12. The van der Waals surface area contributed by atoms with Crippen molar-refractivity contribution in [1.29, 1.82) is 0 Å². The Morgan fingerprint density at radius 2 is 2.11 bits per heavy atom. The van der Waals surface area contributed by atoms with Crippen LogP contribution in [0, 0.1) is 0 Å². The Morgan fingerprint density at radius 3 is 2.67 bits per heavy atom. The van der Waals surface area contributed by atoms with Crippen LogP contribution >= 0.6 is 23.5 Å². The molecule has 2 rings (SSSR count). The van der Waals surface area contributed by atoms with Gasteiger partial charge in [-0.3, -0.25) is 4.79 Å². The number of benzene rings is 1. The molecule has 18 heavy (non-hydrogen) atoms. The highest BCUT2D eigenvalue weighted by Gasteiger charge is 2.21. The first-order valence-corrected chi connectivity index (χ1v) is 7.56. The number of nitrogens with zero attached hydrogens (tertiary/aromatic N) is 1. The topological polar surface area (TPSA) is 38.7 Å². The molecule has 0 spiro atoms. The predicted molar refractivity (Wildman–Crippen MR) is 79.1 cm³/mol. The van der Waals surface area contributed by atoms with E-state index in [0.29, 0.717) is 12.3 Å². The monoisotopic (exact) mass is 279 g/mol. The van der Waals surface area contributed by atoms with Gasteiger partial charge in [-0.1, -0.05) is 12.1 Å². The van der Waals surface area contributed by atoms with E-state index in [1.807, 2.05) is 37.4 Å². The normalized spacial score (nSPS) is 17.1. The summed E-state index contributed by atoms with van der Waals surface area (Å²) in [6, 6.07) is 7.62. The molecule has 0 bridgehead atoms. The van der Waals surface area contributed by atoms with Gasteiger partial charge in [0.25, 0.3) is 0 Å². The highest BCUT2D eigenvalue weighted by Crippen LogP contribution is 2.29. The molecule has 1 aromatic carbocycles.